The quantitative estimate of drug-likeness (QED) is 0.0674. The molecule has 0 bridgehead atoms. The Kier molecular flexibility index (Phi) is 19.7. The van der Waals surface area contributed by atoms with E-state index in [0.29, 0.717) is 43.6 Å². The molecular weight excluding hydrogens is 862 g/mol. The first-order valence-corrected chi connectivity index (χ1v) is 25.6. The molecule has 6 rings (SSSR count). The molecule has 0 aliphatic rings. The topological polar surface area (TPSA) is 0 Å². The summed E-state index contributed by atoms with van der Waals surface area (Å²) in [6, 6.07) is 0. The number of hydrogen-bond donors (Lipinski definition) is 0. The van der Waals surface area contributed by atoms with Gasteiger partial charge in [-0.1, -0.05) is 21.9 Å². The molecule has 0 aliphatic heterocycles. The molecule has 0 amide bonds. The predicted molar refractivity (Wildman–Crippen MR) is 373 cm³/mol. The van der Waals surface area contributed by atoms with Crippen molar-refractivity contribution in [1.82, 2.24) is 0 Å². The van der Waals surface area contributed by atoms with E-state index in [1.165, 1.54) is 71.2 Å². The van der Waals surface area contributed by atoms with Crippen LogP contribution in [0.4, 0.5) is 0 Å². The molecule has 0 spiro atoms. The summed E-state index contributed by atoms with van der Waals surface area (Å²) in [6.45, 7) is 22.6. The van der Waals surface area contributed by atoms with Crippen molar-refractivity contribution >= 4 is 302 Å². The molecule has 307 valence electrons. The standard InChI is InChI=1S/C43H39B32/c1-14-15(2)20(7)27(21(8)16(14)3)33-29-23(10)18(5)17(4)22(9)28(29)26(13)32-30(33)24(11)19(6)25(12)31(32)34-35-36(37(44)38(62-45)39(34)65(48)49)41(69(74(59)60)75(61)64-47)43(68(72(55)56)73(57)58)42(67(63-46)71(53)54)40(35)66(50)70(51)52/h1-13H3. The molecule has 39 radical (unpaired) electrons. The van der Waals surface area contributed by atoms with Gasteiger partial charge in [-0.05, 0) is 217 Å². The van der Waals surface area contributed by atoms with E-state index in [4.69, 9.17) is 139 Å². The maximum absolute atomic E-state index is 7.63. The number of benzene rings is 6. The van der Waals surface area contributed by atoms with Crippen LogP contribution in [0.3, 0.4) is 0 Å². The van der Waals surface area contributed by atoms with Gasteiger partial charge in [-0.25, -0.2) is 0 Å². The highest BCUT2D eigenvalue weighted by Gasteiger charge is 2.42. The van der Waals surface area contributed by atoms with E-state index in [2.05, 4.69) is 90.0 Å². The van der Waals surface area contributed by atoms with Crippen LogP contribution in [0.15, 0.2) is 0 Å². The molecular formula is C43H39B32. The number of rotatable bonds is 16. The van der Waals surface area contributed by atoms with E-state index in [1.54, 1.807) is 0 Å². The third-order valence-corrected chi connectivity index (χ3v) is 17.6. The van der Waals surface area contributed by atoms with Gasteiger partial charge in [0.15, 0.2) is 0 Å². The summed E-state index contributed by atoms with van der Waals surface area (Å²) in [6.07, 6.45) is -7.35. The Morgan fingerprint density at radius 2 is 0.720 bits per heavy atom. The molecule has 0 nitrogen and oxygen atoms in total. The van der Waals surface area contributed by atoms with Crippen LogP contribution in [0.5, 0.6) is 0 Å². The van der Waals surface area contributed by atoms with Crippen molar-refractivity contribution in [3.05, 3.63) is 72.3 Å². The molecule has 0 fully saturated rings. The molecule has 0 atom stereocenters. The minimum absolute atomic E-state index is 0.0900. The Hall–Kier alpha value is -1.82. The van der Waals surface area contributed by atoms with Crippen LogP contribution in [0.1, 0.15) is 72.3 Å². The van der Waals surface area contributed by atoms with Crippen molar-refractivity contribution in [1.29, 1.82) is 0 Å². The lowest BCUT2D eigenvalue weighted by Gasteiger charge is -2.42. The van der Waals surface area contributed by atoms with E-state index in [0.717, 1.165) is 60.7 Å². The van der Waals surface area contributed by atoms with Crippen LogP contribution in [0, 0.1) is 90.0 Å². The smallest absolute Gasteiger partial charge is 0.113 e. The number of hydrogen-bond acceptors (Lipinski definition) is 0. The Balaban J connectivity index is 2.30. The van der Waals surface area contributed by atoms with Gasteiger partial charge in [0.2, 0.25) is 0 Å². The molecule has 0 saturated heterocycles. The zero-order valence-corrected chi connectivity index (χ0v) is 46.5. The highest BCUT2D eigenvalue weighted by molar-refractivity contribution is 7.89. The highest BCUT2D eigenvalue weighted by atomic mass is 14.3. The molecule has 0 N–H and O–H groups in total. The summed E-state index contributed by atoms with van der Waals surface area (Å²) in [4.78, 5) is 0. The van der Waals surface area contributed by atoms with Gasteiger partial charge >= 0.3 is 0 Å². The lowest BCUT2D eigenvalue weighted by molar-refractivity contribution is 1.18. The van der Waals surface area contributed by atoms with Crippen LogP contribution in [-0.2, 0) is 0 Å². The van der Waals surface area contributed by atoms with Crippen molar-refractivity contribution in [3.8, 4) is 22.3 Å². The first-order valence-electron chi connectivity index (χ1n) is 25.6. The fraction of sp³-hybridized carbons (Fsp3) is 0.302. The molecule has 32 heteroatoms. The van der Waals surface area contributed by atoms with E-state index in [1.807, 2.05) is 0 Å². The van der Waals surface area contributed by atoms with Gasteiger partial charge in [0, 0.05) is 184 Å². The van der Waals surface area contributed by atoms with Crippen molar-refractivity contribution < 1.29 is 0 Å². The van der Waals surface area contributed by atoms with Crippen LogP contribution < -0.4 is 38.2 Å². The summed E-state index contributed by atoms with van der Waals surface area (Å²) in [5.74, 6) is 0. The highest BCUT2D eigenvalue weighted by Crippen LogP contribution is 2.51. The second-order valence-electron chi connectivity index (χ2n) is 21.4. The normalized spacial score (nSPS) is 11.2. The fourth-order valence-corrected chi connectivity index (χ4v) is 12.8. The minimum Gasteiger partial charge on any atom is -0.113 e. The Morgan fingerprint density at radius 3 is 1.13 bits per heavy atom. The van der Waals surface area contributed by atoms with Gasteiger partial charge < -0.3 is 0 Å². The van der Waals surface area contributed by atoms with Crippen molar-refractivity contribution in [3.63, 3.8) is 0 Å². The van der Waals surface area contributed by atoms with Gasteiger partial charge in [0.1, 0.15) is 7.85 Å². The zero-order valence-electron chi connectivity index (χ0n) is 46.5. The average molecular weight is 902 g/mol. The maximum Gasteiger partial charge on any atom is 0.113 e. The molecule has 6 aromatic rings. The van der Waals surface area contributed by atoms with Crippen LogP contribution in [-0.4, -0.2) is 231 Å². The molecule has 0 saturated carbocycles. The summed E-state index contributed by atoms with van der Waals surface area (Å²) < 4.78 is 0. The number of aryl methyl sites for hydroxylation is 4. The largest absolute Gasteiger partial charge is 0.113 e. The summed E-state index contributed by atoms with van der Waals surface area (Å²) in [5, 5.41) is 4.92. The Labute approximate surface area is 483 Å². The van der Waals surface area contributed by atoms with Crippen molar-refractivity contribution in [2.75, 3.05) is 0 Å². The molecule has 0 aliphatic carbocycles. The van der Waals surface area contributed by atoms with E-state index in [-0.39, 0.29) is 10.9 Å². The molecule has 6 aromatic carbocycles. The van der Waals surface area contributed by atoms with Crippen LogP contribution in [0.2, 0.25) is 0 Å². The lowest BCUT2D eigenvalue weighted by atomic mass is 8.66. The van der Waals surface area contributed by atoms with E-state index >= 15 is 0 Å². The maximum atomic E-state index is 7.63. The van der Waals surface area contributed by atoms with Crippen molar-refractivity contribution in [2.24, 2.45) is 0 Å². The van der Waals surface area contributed by atoms with Crippen LogP contribution in [0.25, 0.3) is 54.6 Å². The first-order chi connectivity index (χ1) is 34.8. The van der Waals surface area contributed by atoms with E-state index in [9.17, 15) is 0 Å². The first kappa shape index (κ1) is 62.4. The van der Waals surface area contributed by atoms with Gasteiger partial charge in [-0.3, -0.25) is 0 Å². The second kappa shape index (κ2) is 23.7. The summed E-state index contributed by atoms with van der Waals surface area (Å²) in [5.41, 5.74) is 20.2. The Bertz CT molecular complexity index is 3220. The third-order valence-electron chi connectivity index (χ3n) is 17.6. The second-order valence-corrected chi connectivity index (χ2v) is 21.4. The molecule has 0 aromatic heterocycles. The molecule has 0 unspecified atom stereocenters. The molecule has 75 heavy (non-hydrogen) atoms. The lowest BCUT2D eigenvalue weighted by Crippen LogP contribution is -2.80. The zero-order chi connectivity index (χ0) is 56.8. The minimum atomic E-state index is -1.27. The fourth-order valence-electron chi connectivity index (χ4n) is 12.8. The summed E-state index contributed by atoms with van der Waals surface area (Å²) >= 11 is 0. The monoisotopic (exact) mass is 908 g/mol. The summed E-state index contributed by atoms with van der Waals surface area (Å²) in [7, 11) is 128. The number of fused-ring (bicyclic) bond motifs is 3. The van der Waals surface area contributed by atoms with Gasteiger partial charge in [0.05, 0.1) is 39.6 Å². The molecule has 0 heterocycles. The van der Waals surface area contributed by atoms with Crippen LogP contribution >= 0.6 is 0 Å². The van der Waals surface area contributed by atoms with Gasteiger partial charge in [-0.15, -0.1) is 16.4 Å². The average Bonchev–Trinajstić information content (AvgIpc) is 3.33. The third kappa shape index (κ3) is 10.0. The predicted octanol–water partition coefficient (Wildman–Crippen LogP) is -5.47. The van der Waals surface area contributed by atoms with E-state index < -0.39 is 70.8 Å². The van der Waals surface area contributed by atoms with Gasteiger partial charge in [-0.2, -0.15) is 0 Å². The van der Waals surface area contributed by atoms with Gasteiger partial charge in [0.25, 0.3) is 0 Å². The van der Waals surface area contributed by atoms with Crippen molar-refractivity contribution in [2.45, 2.75) is 90.0 Å². The Morgan fingerprint density at radius 1 is 0.307 bits per heavy atom. The SMILES string of the molecule is [B][B]B([B])B(B([B])[B])c1c(B(B([B])[B])B([B])[B])c(B([B][B])B([B])[B])c(B([B])B([B])[B])c2c(-c3c(C)c(C)c(C)c4c(-c5c(C)c(C)c(C)c(C)c5C)c5c(C)c(C)c(C)c(C)c5c(C)c34)c(B([B])[B])c([B][B])c([B])c12.